The number of thiazole rings is 1. The Balaban J connectivity index is 0.00000480. The van der Waals surface area contributed by atoms with E-state index >= 15 is 0 Å². The number of anilines is 1. The summed E-state index contributed by atoms with van der Waals surface area (Å²) in [6, 6.07) is -2.77. The van der Waals surface area contributed by atoms with Crippen LogP contribution in [0.5, 0.6) is 0 Å². The van der Waals surface area contributed by atoms with Gasteiger partial charge < -0.3 is 22.1 Å². The van der Waals surface area contributed by atoms with Crippen molar-refractivity contribution >= 4 is 50.3 Å². The minimum absolute atomic E-state index is 0. The Morgan fingerprint density at radius 2 is 2.16 bits per heavy atom. The molecule has 0 saturated carbocycles. The van der Waals surface area contributed by atoms with Gasteiger partial charge in [0.1, 0.15) is 24.9 Å². The average molecular weight is 485 g/mol. The second kappa shape index (κ2) is 11.0. The van der Waals surface area contributed by atoms with Crippen LogP contribution >= 0.6 is 11.3 Å². The molecule has 1 aromatic rings. The molecule has 0 aromatic carbocycles. The zero-order valence-electron chi connectivity index (χ0n) is 18.1. The van der Waals surface area contributed by atoms with Gasteiger partial charge in [-0.15, -0.1) is 11.3 Å². The van der Waals surface area contributed by atoms with E-state index in [0.29, 0.717) is 0 Å². The molecule has 2 atom stereocenters. The van der Waals surface area contributed by atoms with Gasteiger partial charge in [0.05, 0.1) is 6.61 Å². The Kier molecular flexibility index (Phi) is 9.59. The first kappa shape index (κ1) is 27.0. The average Bonchev–Trinajstić information content (AvgIpc) is 3.06. The number of nitrogens with one attached hydrogen (secondary N) is 1. The number of hydrogen-bond acceptors (Lipinski definition) is 11. The van der Waals surface area contributed by atoms with Crippen LogP contribution in [0.1, 0.15) is 21.0 Å². The number of ether oxygens (including phenoxy) is 1. The van der Waals surface area contributed by atoms with Gasteiger partial charge in [-0.2, -0.15) is 8.42 Å². The third-order valence-electron chi connectivity index (χ3n) is 3.85. The molecule has 1 aromatic heterocycles. The van der Waals surface area contributed by atoms with E-state index in [-0.39, 0.29) is 64.0 Å². The van der Waals surface area contributed by atoms with Gasteiger partial charge in [0.25, 0.3) is 11.8 Å². The Bertz CT molecular complexity index is 1030. The Morgan fingerprint density at radius 3 is 2.65 bits per heavy atom. The van der Waals surface area contributed by atoms with E-state index in [9.17, 15) is 27.4 Å². The molecule has 2 heterocycles. The summed E-state index contributed by atoms with van der Waals surface area (Å²) >= 11 is 1.04. The van der Waals surface area contributed by atoms with Crippen molar-refractivity contribution in [3.63, 3.8) is 0 Å². The number of carbonyl (C=O) groups is 3. The first-order valence-corrected chi connectivity index (χ1v) is 10.6. The smallest absolute Gasteiger partial charge is 1.00 e. The van der Waals surface area contributed by atoms with Crippen LogP contribution in [0.25, 0.3) is 0 Å². The van der Waals surface area contributed by atoms with Crippen LogP contribution in [-0.2, 0) is 34.3 Å². The van der Waals surface area contributed by atoms with Crippen LogP contribution in [0, 0.1) is 0 Å². The topological polar surface area (TPSA) is 191 Å². The zero-order chi connectivity index (χ0) is 22.6. The van der Waals surface area contributed by atoms with Crippen LogP contribution in [0.4, 0.5) is 5.13 Å². The number of β-lactam (4-membered cyclic amide) rings is 1. The summed E-state index contributed by atoms with van der Waals surface area (Å²) in [4.78, 5) is 45.2. The van der Waals surface area contributed by atoms with E-state index in [1.54, 1.807) is 6.92 Å². The number of esters is 1. The minimum atomic E-state index is -4.95. The van der Waals surface area contributed by atoms with E-state index in [1.165, 1.54) is 19.4 Å². The largest absolute Gasteiger partial charge is 1.00 e. The molecule has 0 spiro atoms. The van der Waals surface area contributed by atoms with Gasteiger partial charge >= 0.3 is 45.8 Å². The van der Waals surface area contributed by atoms with Gasteiger partial charge in [-0.25, -0.2) is 14.1 Å². The summed E-state index contributed by atoms with van der Waals surface area (Å²) in [6.45, 7) is 2.99. The van der Waals surface area contributed by atoms with E-state index in [2.05, 4.69) is 20.3 Å². The number of hydrogen-bond donors (Lipinski definition) is 3. The maximum Gasteiger partial charge on any atom is 1.00 e. The maximum absolute atomic E-state index is 12.6. The fourth-order valence-electron chi connectivity index (χ4n) is 2.67. The van der Waals surface area contributed by atoms with Crippen LogP contribution in [0.15, 0.2) is 22.2 Å². The van der Waals surface area contributed by atoms with E-state index < -0.39 is 40.2 Å². The molecule has 16 heteroatoms. The van der Waals surface area contributed by atoms with E-state index in [4.69, 9.17) is 10.5 Å². The summed E-state index contributed by atoms with van der Waals surface area (Å²) in [7, 11) is -3.76. The van der Waals surface area contributed by atoms with Gasteiger partial charge in [0.15, 0.2) is 10.8 Å². The maximum atomic E-state index is 12.6. The Labute approximate surface area is 205 Å². The molecule has 13 nitrogen and oxygen atoms in total. The second-order valence-corrected chi connectivity index (χ2v) is 8.02. The van der Waals surface area contributed by atoms with Crippen LogP contribution < -0.4 is 40.6 Å². The van der Waals surface area contributed by atoms with Crippen molar-refractivity contribution in [3.8, 4) is 0 Å². The van der Waals surface area contributed by atoms with Crippen LogP contribution in [0.2, 0.25) is 0 Å². The molecule has 166 valence electrons. The summed E-state index contributed by atoms with van der Waals surface area (Å²) in [5.41, 5.74) is 5.36. The summed E-state index contributed by atoms with van der Waals surface area (Å²) in [6.07, 6.45) is 0.962. The molecule has 1 aliphatic rings. The molecule has 0 radical (unpaired) electrons. The van der Waals surface area contributed by atoms with E-state index in [0.717, 1.165) is 17.4 Å². The molecule has 0 aliphatic carbocycles. The number of carbonyl (C=O) groups excluding carboxylic acids is 3. The molecule has 1 aliphatic heterocycles. The van der Waals surface area contributed by atoms with Crippen molar-refractivity contribution in [2.45, 2.75) is 25.9 Å². The number of rotatable bonds is 8. The first-order chi connectivity index (χ1) is 14.0. The zero-order valence-corrected chi connectivity index (χ0v) is 20.7. The van der Waals surface area contributed by atoms with Gasteiger partial charge in [-0.05, 0) is 19.4 Å². The monoisotopic (exact) mass is 485 g/mol. The first-order valence-electron chi connectivity index (χ1n) is 8.30. The number of nitrogen functional groups attached to an aromatic ring is 1. The molecule has 2 rings (SSSR count). The number of nitrogens with two attached hydrogens (primary N) is 1. The molecule has 2 amide bonds. The standard InChI is InChI=1S/C15H19N5O8S2.Na.H/c1-4-28-9(21)5-7(2)12-11(14(23)20(12)30(24,25)26)18-13(22)10(19-27-3)8-6-29-15(16)17-8;;/h5-6,11-12H,4H2,1-3H3,(H2,16,17)(H,18,22)(H,24,25,26);;/q;+1;-1/b7-5-,19-10-;;/t11-,12+;;/m1../s1. The number of nitrogens with zero attached hydrogens (tertiary/aromatic N) is 3. The molecular formula is C15H20N5NaO8S2. The molecule has 1 fully saturated rings. The fourth-order valence-corrected chi connectivity index (χ4v) is 4.13. The van der Waals surface area contributed by atoms with Crippen molar-refractivity contribution < 1.29 is 67.9 Å². The van der Waals surface area contributed by atoms with Crippen molar-refractivity contribution in [2.75, 3.05) is 19.5 Å². The molecule has 31 heavy (non-hydrogen) atoms. The molecule has 0 bridgehead atoms. The predicted octanol–water partition coefficient (Wildman–Crippen LogP) is -3.80. The summed E-state index contributed by atoms with van der Waals surface area (Å²) in [5.74, 6) is -2.80. The van der Waals surface area contributed by atoms with Crippen molar-refractivity contribution in [1.29, 1.82) is 0 Å². The van der Waals surface area contributed by atoms with Crippen molar-refractivity contribution in [2.24, 2.45) is 5.16 Å². The predicted molar refractivity (Wildman–Crippen MR) is 106 cm³/mol. The number of oxime groups is 1. The second-order valence-electron chi connectivity index (χ2n) is 5.84. The molecule has 0 unspecified atom stereocenters. The van der Waals surface area contributed by atoms with Crippen molar-refractivity contribution in [1.82, 2.24) is 14.6 Å². The number of aromatic nitrogens is 1. The number of amides is 2. The third kappa shape index (κ3) is 6.24. The van der Waals surface area contributed by atoms with Gasteiger partial charge in [-0.1, -0.05) is 5.16 Å². The molecule has 4 N–H and O–H groups in total. The van der Waals surface area contributed by atoms with Crippen LogP contribution in [-0.4, -0.2) is 71.6 Å². The SMILES string of the molecule is CCOC(=O)/C=C(/C)[C@H]1[C@@H](NC(=O)/C(=N\OC)c2csc(N)n2)C(=O)N1S(=O)(=O)O.[H-].[Na+]. The normalized spacial score (nSPS) is 19.2. The van der Waals surface area contributed by atoms with Gasteiger partial charge in [0.2, 0.25) is 0 Å². The molecule has 1 saturated heterocycles. The summed E-state index contributed by atoms with van der Waals surface area (Å²) in [5, 5.41) is 7.47. The van der Waals surface area contributed by atoms with Gasteiger partial charge in [-0.3, -0.25) is 14.1 Å². The van der Waals surface area contributed by atoms with Crippen LogP contribution in [0.3, 0.4) is 0 Å². The Hall–Kier alpha value is -2.04. The van der Waals surface area contributed by atoms with Crippen molar-refractivity contribution in [3.05, 3.63) is 22.7 Å². The summed E-state index contributed by atoms with van der Waals surface area (Å²) < 4.78 is 37.4. The quantitative estimate of drug-likeness (QED) is 0.0626. The van der Waals surface area contributed by atoms with Gasteiger partial charge in [0, 0.05) is 11.5 Å². The van der Waals surface area contributed by atoms with E-state index in [1.807, 2.05) is 0 Å². The Morgan fingerprint density at radius 1 is 1.52 bits per heavy atom. The fraction of sp³-hybridized carbons (Fsp3) is 0.400. The molecular weight excluding hydrogens is 465 g/mol. The minimum Gasteiger partial charge on any atom is -1.00 e. The third-order valence-corrected chi connectivity index (χ3v) is 5.43.